The molecule has 1 aromatic heterocycles. The molecule has 0 bridgehead atoms. The maximum absolute atomic E-state index is 13.2. The number of H-pyrrole nitrogens is 1. The number of aromatic nitrogens is 2. The first kappa shape index (κ1) is 11.7. The number of halogens is 1. The van der Waals surface area contributed by atoms with E-state index in [0.717, 1.165) is 22.2 Å². The number of rotatable bonds is 1. The van der Waals surface area contributed by atoms with E-state index >= 15 is 0 Å². The van der Waals surface area contributed by atoms with Crippen LogP contribution >= 0.6 is 0 Å². The first-order valence-electron chi connectivity index (χ1n) is 6.07. The summed E-state index contributed by atoms with van der Waals surface area (Å²) in [5.74, 6) is 0.294. The third kappa shape index (κ3) is 1.95. The normalized spacial score (nSPS) is 11.1. The maximum atomic E-state index is 13.2. The molecule has 19 heavy (non-hydrogen) atoms. The summed E-state index contributed by atoms with van der Waals surface area (Å²) in [6.45, 7) is 4.07. The highest BCUT2D eigenvalue weighted by molar-refractivity contribution is 5.83. The molecule has 3 rings (SSSR count). The van der Waals surface area contributed by atoms with Gasteiger partial charge in [-0.3, -0.25) is 0 Å². The van der Waals surface area contributed by atoms with E-state index in [9.17, 15) is 4.39 Å². The Morgan fingerprint density at radius 1 is 1.16 bits per heavy atom. The van der Waals surface area contributed by atoms with E-state index in [2.05, 4.69) is 16.0 Å². The van der Waals surface area contributed by atoms with Crippen LogP contribution < -0.4 is 5.73 Å². The lowest BCUT2D eigenvalue weighted by Gasteiger charge is -1.99. The van der Waals surface area contributed by atoms with E-state index in [4.69, 9.17) is 5.73 Å². The minimum Gasteiger partial charge on any atom is -0.396 e. The van der Waals surface area contributed by atoms with Crippen molar-refractivity contribution in [3.8, 4) is 11.4 Å². The van der Waals surface area contributed by atoms with Crippen LogP contribution in [0.2, 0.25) is 0 Å². The maximum Gasteiger partial charge on any atom is 0.146 e. The molecule has 4 heteroatoms. The number of fused-ring (bicyclic) bond motifs is 1. The SMILES string of the molecule is Cc1cc(C)c2nc(-c3ccc(F)c(N)c3)[nH]c2c1. The summed E-state index contributed by atoms with van der Waals surface area (Å²) in [4.78, 5) is 7.81. The van der Waals surface area contributed by atoms with Crippen LogP contribution in [0.3, 0.4) is 0 Å². The molecule has 0 saturated heterocycles. The molecule has 0 radical (unpaired) electrons. The summed E-state index contributed by atoms with van der Waals surface area (Å²) in [6.07, 6.45) is 0. The van der Waals surface area contributed by atoms with Crippen molar-refractivity contribution in [1.29, 1.82) is 0 Å². The molecule has 0 unspecified atom stereocenters. The van der Waals surface area contributed by atoms with E-state index in [-0.39, 0.29) is 5.69 Å². The van der Waals surface area contributed by atoms with Gasteiger partial charge in [-0.25, -0.2) is 9.37 Å². The summed E-state index contributed by atoms with van der Waals surface area (Å²) >= 11 is 0. The van der Waals surface area contributed by atoms with Crippen LogP contribution in [0.15, 0.2) is 30.3 Å². The minimum absolute atomic E-state index is 0.130. The summed E-state index contributed by atoms with van der Waals surface area (Å²) < 4.78 is 13.2. The third-order valence-corrected chi connectivity index (χ3v) is 3.19. The number of nitrogens with two attached hydrogens (primary N) is 1. The molecule has 0 saturated carbocycles. The highest BCUT2D eigenvalue weighted by Crippen LogP contribution is 2.25. The van der Waals surface area contributed by atoms with Gasteiger partial charge in [0.15, 0.2) is 0 Å². The Hall–Kier alpha value is -2.36. The Morgan fingerprint density at radius 2 is 1.95 bits per heavy atom. The summed E-state index contributed by atoms with van der Waals surface area (Å²) in [5, 5.41) is 0. The Kier molecular flexibility index (Phi) is 2.52. The molecule has 2 aromatic carbocycles. The van der Waals surface area contributed by atoms with Crippen molar-refractivity contribution in [3.63, 3.8) is 0 Å². The highest BCUT2D eigenvalue weighted by Gasteiger charge is 2.09. The van der Waals surface area contributed by atoms with Crippen LogP contribution in [0, 0.1) is 19.7 Å². The smallest absolute Gasteiger partial charge is 0.146 e. The Balaban J connectivity index is 2.20. The fraction of sp³-hybridized carbons (Fsp3) is 0.133. The van der Waals surface area contributed by atoms with Gasteiger partial charge >= 0.3 is 0 Å². The van der Waals surface area contributed by atoms with Crippen molar-refractivity contribution in [3.05, 3.63) is 47.3 Å². The molecule has 0 aliphatic heterocycles. The van der Waals surface area contributed by atoms with Crippen molar-refractivity contribution >= 4 is 16.7 Å². The number of nitrogens with zero attached hydrogens (tertiary/aromatic N) is 1. The molecule has 0 amide bonds. The zero-order chi connectivity index (χ0) is 13.6. The third-order valence-electron chi connectivity index (χ3n) is 3.19. The van der Waals surface area contributed by atoms with Crippen molar-refractivity contribution in [1.82, 2.24) is 9.97 Å². The number of hydrogen-bond acceptors (Lipinski definition) is 2. The van der Waals surface area contributed by atoms with E-state index in [1.165, 1.54) is 11.6 Å². The molecule has 3 nitrogen and oxygen atoms in total. The van der Waals surface area contributed by atoms with Gasteiger partial charge in [0.05, 0.1) is 16.7 Å². The highest BCUT2D eigenvalue weighted by atomic mass is 19.1. The molecule has 3 aromatic rings. The lowest BCUT2D eigenvalue weighted by molar-refractivity contribution is 0.632. The molecule has 96 valence electrons. The average Bonchev–Trinajstić information content (AvgIpc) is 2.76. The Labute approximate surface area is 110 Å². The van der Waals surface area contributed by atoms with Gasteiger partial charge in [0.1, 0.15) is 11.6 Å². The van der Waals surface area contributed by atoms with Gasteiger partial charge in [0.25, 0.3) is 0 Å². The van der Waals surface area contributed by atoms with E-state index in [0.29, 0.717) is 5.82 Å². The fourth-order valence-electron chi connectivity index (χ4n) is 2.30. The summed E-state index contributed by atoms with van der Waals surface area (Å²) in [5.41, 5.74) is 10.7. The lowest BCUT2D eigenvalue weighted by Crippen LogP contribution is -1.91. The number of benzene rings is 2. The quantitative estimate of drug-likeness (QED) is 0.653. The van der Waals surface area contributed by atoms with E-state index in [1.54, 1.807) is 12.1 Å². The second-order valence-electron chi connectivity index (χ2n) is 4.80. The topological polar surface area (TPSA) is 54.7 Å². The molecule has 1 heterocycles. The molecule has 3 N–H and O–H groups in total. The number of aromatic amines is 1. The van der Waals surface area contributed by atoms with Crippen LogP contribution in [0.5, 0.6) is 0 Å². The zero-order valence-corrected chi connectivity index (χ0v) is 10.8. The van der Waals surface area contributed by atoms with Crippen LogP contribution in [-0.4, -0.2) is 9.97 Å². The van der Waals surface area contributed by atoms with Gasteiger partial charge in [-0.05, 0) is 49.2 Å². The van der Waals surface area contributed by atoms with Gasteiger partial charge < -0.3 is 10.7 Å². The average molecular weight is 255 g/mol. The second kappa shape index (κ2) is 4.09. The van der Waals surface area contributed by atoms with Gasteiger partial charge in [0, 0.05) is 5.56 Å². The molecular weight excluding hydrogens is 241 g/mol. The summed E-state index contributed by atoms with van der Waals surface area (Å²) in [6, 6.07) is 8.76. The molecule has 0 atom stereocenters. The van der Waals surface area contributed by atoms with E-state index in [1.807, 2.05) is 19.9 Å². The van der Waals surface area contributed by atoms with Gasteiger partial charge in [0.2, 0.25) is 0 Å². The fourth-order valence-corrected chi connectivity index (χ4v) is 2.30. The van der Waals surface area contributed by atoms with Crippen molar-refractivity contribution < 1.29 is 4.39 Å². The zero-order valence-electron chi connectivity index (χ0n) is 10.8. The summed E-state index contributed by atoms with van der Waals surface area (Å²) in [7, 11) is 0. The molecule has 0 fully saturated rings. The number of imidazole rings is 1. The van der Waals surface area contributed by atoms with Crippen molar-refractivity contribution in [2.75, 3.05) is 5.73 Å². The Morgan fingerprint density at radius 3 is 2.68 bits per heavy atom. The van der Waals surface area contributed by atoms with E-state index < -0.39 is 5.82 Å². The number of anilines is 1. The van der Waals surface area contributed by atoms with Crippen LogP contribution in [0.25, 0.3) is 22.4 Å². The number of aryl methyl sites for hydroxylation is 2. The monoisotopic (exact) mass is 255 g/mol. The first-order valence-corrected chi connectivity index (χ1v) is 6.07. The lowest BCUT2D eigenvalue weighted by atomic mass is 10.1. The minimum atomic E-state index is -0.410. The van der Waals surface area contributed by atoms with Crippen LogP contribution in [0.4, 0.5) is 10.1 Å². The van der Waals surface area contributed by atoms with Crippen LogP contribution in [0.1, 0.15) is 11.1 Å². The number of nitrogens with one attached hydrogen (secondary N) is 1. The number of hydrogen-bond donors (Lipinski definition) is 2. The van der Waals surface area contributed by atoms with Crippen molar-refractivity contribution in [2.45, 2.75) is 13.8 Å². The first-order chi connectivity index (χ1) is 9.04. The molecule has 0 spiro atoms. The predicted molar refractivity (Wildman–Crippen MR) is 75.4 cm³/mol. The Bertz CT molecular complexity index is 774. The number of nitrogen functional groups attached to an aromatic ring is 1. The van der Waals surface area contributed by atoms with Gasteiger partial charge in [-0.15, -0.1) is 0 Å². The predicted octanol–water partition coefficient (Wildman–Crippen LogP) is 3.57. The van der Waals surface area contributed by atoms with Gasteiger partial charge in [-0.1, -0.05) is 6.07 Å². The standard InChI is InChI=1S/C15H14FN3/c1-8-5-9(2)14-13(6-8)18-15(19-14)10-3-4-11(16)12(17)7-10/h3-7H,17H2,1-2H3,(H,18,19). The second-order valence-corrected chi connectivity index (χ2v) is 4.80. The molecule has 0 aliphatic rings. The molecule has 0 aliphatic carbocycles. The van der Waals surface area contributed by atoms with Crippen LogP contribution in [-0.2, 0) is 0 Å². The van der Waals surface area contributed by atoms with Crippen molar-refractivity contribution in [2.24, 2.45) is 0 Å². The molecular formula is C15H14FN3. The van der Waals surface area contributed by atoms with Gasteiger partial charge in [-0.2, -0.15) is 0 Å². The largest absolute Gasteiger partial charge is 0.396 e.